The van der Waals surface area contributed by atoms with Crippen molar-refractivity contribution in [2.45, 2.75) is 12.6 Å². The highest BCUT2D eigenvalue weighted by molar-refractivity contribution is 9.09. The molecule has 0 aromatic heterocycles. The van der Waals surface area contributed by atoms with Crippen LogP contribution in [0.2, 0.25) is 0 Å². The summed E-state index contributed by atoms with van der Waals surface area (Å²) in [6.45, 7) is 0. The first-order valence-electron chi connectivity index (χ1n) is 4.46. The number of alkyl halides is 4. The Labute approximate surface area is 99.0 Å². The SMILES string of the molecule is O=C(CCBr)Nc1ccc(C(F)(F)F)cc1. The number of rotatable bonds is 3. The predicted octanol–water partition coefficient (Wildman–Crippen LogP) is 3.43. The molecule has 0 saturated carbocycles. The minimum absolute atomic E-state index is 0.239. The summed E-state index contributed by atoms with van der Waals surface area (Å²) in [5.74, 6) is -0.239. The molecule has 1 rings (SSSR count). The van der Waals surface area contributed by atoms with E-state index in [1.165, 1.54) is 12.1 Å². The second kappa shape index (κ2) is 5.34. The Bertz CT molecular complexity index is 361. The predicted molar refractivity (Wildman–Crippen MR) is 58.5 cm³/mol. The highest BCUT2D eigenvalue weighted by Gasteiger charge is 2.29. The number of halogens is 4. The maximum Gasteiger partial charge on any atom is 0.416 e. The zero-order valence-corrected chi connectivity index (χ0v) is 9.73. The highest BCUT2D eigenvalue weighted by Crippen LogP contribution is 2.29. The number of amides is 1. The molecule has 88 valence electrons. The van der Waals surface area contributed by atoms with E-state index in [-0.39, 0.29) is 12.3 Å². The van der Waals surface area contributed by atoms with Crippen molar-refractivity contribution in [3.8, 4) is 0 Å². The minimum atomic E-state index is -4.35. The van der Waals surface area contributed by atoms with Crippen LogP contribution >= 0.6 is 15.9 Å². The van der Waals surface area contributed by atoms with Crippen LogP contribution in [0.5, 0.6) is 0 Å². The molecule has 0 heterocycles. The van der Waals surface area contributed by atoms with Crippen LogP contribution in [0.15, 0.2) is 24.3 Å². The van der Waals surface area contributed by atoms with E-state index in [9.17, 15) is 18.0 Å². The van der Waals surface area contributed by atoms with E-state index in [2.05, 4.69) is 21.2 Å². The number of anilines is 1. The summed E-state index contributed by atoms with van der Waals surface area (Å²) >= 11 is 3.09. The van der Waals surface area contributed by atoms with Gasteiger partial charge in [-0.25, -0.2) is 0 Å². The molecular formula is C10H9BrF3NO. The topological polar surface area (TPSA) is 29.1 Å². The molecule has 1 amide bonds. The Morgan fingerprint density at radius 3 is 2.25 bits per heavy atom. The van der Waals surface area contributed by atoms with Gasteiger partial charge in [0.25, 0.3) is 0 Å². The zero-order valence-electron chi connectivity index (χ0n) is 8.14. The van der Waals surface area contributed by atoms with Crippen molar-refractivity contribution < 1.29 is 18.0 Å². The first-order chi connectivity index (χ1) is 7.43. The molecule has 1 N–H and O–H groups in total. The average Bonchev–Trinajstić information content (AvgIpc) is 2.17. The summed E-state index contributed by atoms with van der Waals surface area (Å²) in [5.41, 5.74) is -0.370. The molecule has 0 aliphatic heterocycles. The second-order valence-electron chi connectivity index (χ2n) is 3.06. The maximum atomic E-state index is 12.2. The molecule has 0 aliphatic rings. The van der Waals surface area contributed by atoms with E-state index in [0.29, 0.717) is 11.0 Å². The smallest absolute Gasteiger partial charge is 0.326 e. The molecule has 0 aliphatic carbocycles. The molecule has 0 bridgehead atoms. The Hall–Kier alpha value is -1.04. The lowest BCUT2D eigenvalue weighted by Crippen LogP contribution is -2.12. The highest BCUT2D eigenvalue weighted by atomic mass is 79.9. The third-order valence-corrected chi connectivity index (χ3v) is 2.21. The molecule has 0 spiro atoms. The van der Waals surface area contributed by atoms with Gasteiger partial charge < -0.3 is 5.32 Å². The lowest BCUT2D eigenvalue weighted by Gasteiger charge is -2.08. The van der Waals surface area contributed by atoms with Crippen molar-refractivity contribution in [1.29, 1.82) is 0 Å². The van der Waals surface area contributed by atoms with Gasteiger partial charge in [-0.1, -0.05) is 15.9 Å². The quantitative estimate of drug-likeness (QED) is 0.851. The van der Waals surface area contributed by atoms with Crippen LogP contribution in [0.1, 0.15) is 12.0 Å². The van der Waals surface area contributed by atoms with E-state index in [1.807, 2.05) is 0 Å². The van der Waals surface area contributed by atoms with Crippen LogP contribution < -0.4 is 5.32 Å². The standard InChI is InChI=1S/C10H9BrF3NO/c11-6-5-9(16)15-8-3-1-7(2-4-8)10(12,13)14/h1-4H,5-6H2,(H,15,16). The van der Waals surface area contributed by atoms with E-state index in [1.54, 1.807) is 0 Å². The van der Waals surface area contributed by atoms with Crippen LogP contribution in [0.25, 0.3) is 0 Å². The fraction of sp³-hybridized carbons (Fsp3) is 0.300. The van der Waals surface area contributed by atoms with Crippen LogP contribution in [0, 0.1) is 0 Å². The van der Waals surface area contributed by atoms with Crippen molar-refractivity contribution in [2.24, 2.45) is 0 Å². The molecular weight excluding hydrogens is 287 g/mol. The number of hydrogen-bond acceptors (Lipinski definition) is 1. The fourth-order valence-corrected chi connectivity index (χ4v) is 1.41. The molecule has 0 unspecified atom stereocenters. The molecule has 1 aromatic rings. The van der Waals surface area contributed by atoms with Gasteiger partial charge in [-0.2, -0.15) is 13.2 Å². The number of nitrogens with one attached hydrogen (secondary N) is 1. The number of benzene rings is 1. The third-order valence-electron chi connectivity index (χ3n) is 1.82. The molecule has 1 aromatic carbocycles. The monoisotopic (exact) mass is 295 g/mol. The van der Waals surface area contributed by atoms with Gasteiger partial charge in [0.1, 0.15) is 0 Å². The zero-order chi connectivity index (χ0) is 12.2. The van der Waals surface area contributed by atoms with E-state index in [4.69, 9.17) is 0 Å². The molecule has 0 radical (unpaired) electrons. The van der Waals surface area contributed by atoms with Crippen molar-refractivity contribution in [1.82, 2.24) is 0 Å². The fourth-order valence-electron chi connectivity index (χ4n) is 1.05. The van der Waals surface area contributed by atoms with Crippen LogP contribution in [-0.2, 0) is 11.0 Å². The Balaban J connectivity index is 2.69. The minimum Gasteiger partial charge on any atom is -0.326 e. The lowest BCUT2D eigenvalue weighted by atomic mass is 10.2. The number of carbonyl (C=O) groups is 1. The average molecular weight is 296 g/mol. The summed E-state index contributed by atoms with van der Waals surface area (Å²) in [7, 11) is 0. The largest absolute Gasteiger partial charge is 0.416 e. The van der Waals surface area contributed by atoms with Crippen molar-refractivity contribution in [2.75, 3.05) is 10.6 Å². The van der Waals surface area contributed by atoms with E-state index < -0.39 is 11.7 Å². The number of carbonyl (C=O) groups excluding carboxylic acids is 1. The third kappa shape index (κ3) is 3.84. The first kappa shape index (κ1) is 13.0. The van der Waals surface area contributed by atoms with Gasteiger partial charge in [0.15, 0.2) is 0 Å². The second-order valence-corrected chi connectivity index (χ2v) is 3.86. The van der Waals surface area contributed by atoms with Gasteiger partial charge in [-0.05, 0) is 24.3 Å². The maximum absolute atomic E-state index is 12.2. The first-order valence-corrected chi connectivity index (χ1v) is 5.58. The summed E-state index contributed by atoms with van der Waals surface area (Å²) in [6.07, 6.45) is -4.07. The van der Waals surface area contributed by atoms with Gasteiger partial charge in [0, 0.05) is 17.4 Å². The van der Waals surface area contributed by atoms with E-state index >= 15 is 0 Å². The summed E-state index contributed by atoms with van der Waals surface area (Å²) in [5, 5.41) is 3.00. The van der Waals surface area contributed by atoms with Crippen LogP contribution in [-0.4, -0.2) is 11.2 Å². The van der Waals surface area contributed by atoms with Gasteiger partial charge in [-0.15, -0.1) is 0 Å². The van der Waals surface area contributed by atoms with Gasteiger partial charge in [-0.3, -0.25) is 4.79 Å². The summed E-state index contributed by atoms with van der Waals surface area (Å²) < 4.78 is 36.6. The molecule has 2 nitrogen and oxygen atoms in total. The molecule has 0 atom stereocenters. The normalized spacial score (nSPS) is 11.2. The Kier molecular flexibility index (Phi) is 4.35. The molecule has 0 fully saturated rings. The molecule has 0 saturated heterocycles. The lowest BCUT2D eigenvalue weighted by molar-refractivity contribution is -0.137. The molecule has 6 heteroatoms. The van der Waals surface area contributed by atoms with Crippen molar-refractivity contribution in [3.05, 3.63) is 29.8 Å². The van der Waals surface area contributed by atoms with Crippen LogP contribution in [0.4, 0.5) is 18.9 Å². The van der Waals surface area contributed by atoms with E-state index in [0.717, 1.165) is 12.1 Å². The van der Waals surface area contributed by atoms with Gasteiger partial charge in [0.2, 0.25) is 5.91 Å². The Morgan fingerprint density at radius 1 is 1.25 bits per heavy atom. The van der Waals surface area contributed by atoms with Gasteiger partial charge in [0.05, 0.1) is 5.56 Å². The van der Waals surface area contributed by atoms with Crippen molar-refractivity contribution >= 4 is 27.5 Å². The molecule has 16 heavy (non-hydrogen) atoms. The number of hydrogen-bond donors (Lipinski definition) is 1. The summed E-state index contributed by atoms with van der Waals surface area (Å²) in [6, 6.07) is 4.33. The Morgan fingerprint density at radius 2 is 1.81 bits per heavy atom. The van der Waals surface area contributed by atoms with Crippen molar-refractivity contribution in [3.63, 3.8) is 0 Å². The van der Waals surface area contributed by atoms with Crippen LogP contribution in [0.3, 0.4) is 0 Å². The summed E-state index contributed by atoms with van der Waals surface area (Å²) in [4.78, 5) is 11.1. The van der Waals surface area contributed by atoms with Gasteiger partial charge >= 0.3 is 6.18 Å².